The first-order chi connectivity index (χ1) is 16.0. The van der Waals surface area contributed by atoms with E-state index in [9.17, 15) is 9.90 Å². The highest BCUT2D eigenvalue weighted by molar-refractivity contribution is 5.76. The van der Waals surface area contributed by atoms with Crippen molar-refractivity contribution in [1.82, 2.24) is 24.9 Å². The lowest BCUT2D eigenvalue weighted by molar-refractivity contribution is -0.157. The third-order valence-electron chi connectivity index (χ3n) is 6.20. The molecule has 0 aliphatic heterocycles. The highest BCUT2D eigenvalue weighted by atomic mass is 16.5. The van der Waals surface area contributed by atoms with Gasteiger partial charge in [-0.05, 0) is 37.5 Å². The maximum atomic E-state index is 11.5. The minimum atomic E-state index is -0.813. The zero-order valence-electron chi connectivity index (χ0n) is 18.2. The molecule has 166 valence electrons. The van der Waals surface area contributed by atoms with Gasteiger partial charge in [0, 0.05) is 17.3 Å². The molecule has 4 aromatic rings. The third-order valence-corrected chi connectivity index (χ3v) is 6.20. The molecule has 2 N–H and O–H groups in total. The van der Waals surface area contributed by atoms with E-state index in [1.54, 1.807) is 12.4 Å². The molecule has 5 rings (SSSR count). The quantitative estimate of drug-likeness (QED) is 0.433. The number of imidazole rings is 1. The van der Waals surface area contributed by atoms with Crippen LogP contribution in [0.5, 0.6) is 5.88 Å². The van der Waals surface area contributed by atoms with Crippen LogP contribution in [0.1, 0.15) is 24.8 Å². The number of nitrogens with zero attached hydrogens (tertiary/aromatic N) is 4. The molecule has 0 bridgehead atoms. The maximum Gasteiger partial charge on any atom is 0.313 e. The van der Waals surface area contributed by atoms with E-state index in [1.807, 2.05) is 30.5 Å². The fourth-order valence-electron chi connectivity index (χ4n) is 3.92. The number of aryl methyl sites for hydroxylation is 1. The number of ether oxygens (including phenoxy) is 1. The van der Waals surface area contributed by atoms with E-state index in [4.69, 9.17) is 4.74 Å². The molecule has 8 nitrogen and oxygen atoms in total. The second-order valence-corrected chi connectivity index (χ2v) is 8.36. The van der Waals surface area contributed by atoms with E-state index < -0.39 is 11.4 Å². The van der Waals surface area contributed by atoms with Crippen molar-refractivity contribution in [3.05, 3.63) is 66.7 Å². The van der Waals surface area contributed by atoms with E-state index in [-0.39, 0.29) is 6.61 Å². The first-order valence-corrected chi connectivity index (χ1v) is 10.8. The molecule has 8 heteroatoms. The van der Waals surface area contributed by atoms with Crippen LogP contribution < -0.4 is 4.74 Å². The Labute approximate surface area is 190 Å². The van der Waals surface area contributed by atoms with Gasteiger partial charge in [-0.2, -0.15) is 0 Å². The first kappa shape index (κ1) is 20.8. The summed E-state index contributed by atoms with van der Waals surface area (Å²) < 4.78 is 5.61. The first-order valence-electron chi connectivity index (χ1n) is 10.8. The molecule has 1 fully saturated rings. The maximum absolute atomic E-state index is 11.5. The number of hydrogen-bond donors (Lipinski definition) is 2. The lowest BCUT2D eigenvalue weighted by Gasteiger charge is -2.36. The van der Waals surface area contributed by atoms with Crippen molar-refractivity contribution in [2.45, 2.75) is 26.2 Å². The Morgan fingerprint density at radius 2 is 1.82 bits per heavy atom. The van der Waals surface area contributed by atoms with E-state index in [0.29, 0.717) is 30.2 Å². The highest BCUT2D eigenvalue weighted by Gasteiger charge is 2.45. The average Bonchev–Trinajstić information content (AvgIpc) is 3.29. The van der Waals surface area contributed by atoms with Crippen LogP contribution in [0.3, 0.4) is 0 Å². The van der Waals surface area contributed by atoms with Gasteiger partial charge in [0.15, 0.2) is 5.82 Å². The standard InChI is InChI=1S/C25H23N5O3/c1-16-5-2-3-6-18(16)21-13-29-23(30-21)19-8-7-17(11-26-19)20-12-28-22(14-27-20)33-15-25(24(31)32)9-4-10-25/h2-3,5-8,11-14H,4,9-10,15H2,1H3,(H,29,30)(H,31,32). The molecule has 1 aromatic carbocycles. The molecule has 0 atom stereocenters. The van der Waals surface area contributed by atoms with Gasteiger partial charge in [-0.1, -0.05) is 30.7 Å². The summed E-state index contributed by atoms with van der Waals surface area (Å²) >= 11 is 0. The predicted molar refractivity (Wildman–Crippen MR) is 122 cm³/mol. The van der Waals surface area contributed by atoms with Gasteiger partial charge in [0.05, 0.1) is 30.0 Å². The Balaban J connectivity index is 1.27. The zero-order valence-corrected chi connectivity index (χ0v) is 18.2. The normalized spacial score (nSPS) is 14.5. The summed E-state index contributed by atoms with van der Waals surface area (Å²) in [7, 11) is 0. The fraction of sp³-hybridized carbons (Fsp3) is 0.240. The molecule has 0 unspecified atom stereocenters. The van der Waals surface area contributed by atoms with Crippen LogP contribution in [-0.2, 0) is 4.79 Å². The van der Waals surface area contributed by atoms with Gasteiger partial charge in [-0.15, -0.1) is 0 Å². The summed E-state index contributed by atoms with van der Waals surface area (Å²) in [5.74, 6) is 0.195. The molecule has 33 heavy (non-hydrogen) atoms. The Hall–Kier alpha value is -4.07. The summed E-state index contributed by atoms with van der Waals surface area (Å²) in [5.41, 5.74) is 4.63. The Bertz CT molecular complexity index is 1280. The van der Waals surface area contributed by atoms with Crippen LogP contribution in [0.25, 0.3) is 34.0 Å². The fourth-order valence-corrected chi connectivity index (χ4v) is 3.92. The number of nitrogens with one attached hydrogen (secondary N) is 1. The molecule has 0 amide bonds. The molecule has 0 spiro atoms. The Morgan fingerprint density at radius 1 is 1.00 bits per heavy atom. The SMILES string of the molecule is Cc1ccccc1-c1cnc(-c2ccc(-c3cnc(OCC4(C(=O)O)CCC4)cn3)cn2)[nH]1. The number of aromatic amines is 1. The van der Waals surface area contributed by atoms with Gasteiger partial charge in [0.1, 0.15) is 17.7 Å². The van der Waals surface area contributed by atoms with Crippen molar-refractivity contribution >= 4 is 5.97 Å². The Kier molecular flexibility index (Phi) is 5.34. The molecular weight excluding hydrogens is 418 g/mol. The number of hydrogen-bond acceptors (Lipinski definition) is 6. The monoisotopic (exact) mass is 441 g/mol. The van der Waals surface area contributed by atoms with Crippen molar-refractivity contribution in [3.63, 3.8) is 0 Å². The second-order valence-electron chi connectivity index (χ2n) is 8.36. The second kappa shape index (κ2) is 8.46. The topological polar surface area (TPSA) is 114 Å². The minimum Gasteiger partial charge on any atom is -0.481 e. The average molecular weight is 441 g/mol. The molecule has 3 aromatic heterocycles. The molecule has 1 saturated carbocycles. The third kappa shape index (κ3) is 4.07. The van der Waals surface area contributed by atoms with Crippen molar-refractivity contribution in [2.75, 3.05) is 6.61 Å². The van der Waals surface area contributed by atoms with Crippen LogP contribution in [-0.4, -0.2) is 42.6 Å². The van der Waals surface area contributed by atoms with E-state index >= 15 is 0 Å². The summed E-state index contributed by atoms with van der Waals surface area (Å²) in [6.07, 6.45) is 8.83. The molecule has 1 aliphatic carbocycles. The number of carboxylic acid groups (broad SMARTS) is 1. The minimum absolute atomic E-state index is 0.111. The van der Waals surface area contributed by atoms with Crippen LogP contribution >= 0.6 is 0 Å². The number of pyridine rings is 1. The van der Waals surface area contributed by atoms with Crippen LogP contribution in [0.4, 0.5) is 0 Å². The summed E-state index contributed by atoms with van der Waals surface area (Å²) in [6, 6.07) is 11.9. The predicted octanol–water partition coefficient (Wildman–Crippen LogP) is 4.54. The van der Waals surface area contributed by atoms with E-state index in [0.717, 1.165) is 28.9 Å². The lowest BCUT2D eigenvalue weighted by Crippen LogP contribution is -2.43. The van der Waals surface area contributed by atoms with Crippen LogP contribution in [0.15, 0.2) is 61.2 Å². The van der Waals surface area contributed by atoms with E-state index in [2.05, 4.69) is 44.0 Å². The summed E-state index contributed by atoms with van der Waals surface area (Å²) in [4.78, 5) is 32.5. The number of benzene rings is 1. The summed E-state index contributed by atoms with van der Waals surface area (Å²) in [5, 5.41) is 9.40. The number of carbonyl (C=O) groups is 1. The molecule has 0 saturated heterocycles. The smallest absolute Gasteiger partial charge is 0.313 e. The largest absolute Gasteiger partial charge is 0.481 e. The van der Waals surface area contributed by atoms with Gasteiger partial charge in [0.2, 0.25) is 5.88 Å². The van der Waals surface area contributed by atoms with Gasteiger partial charge >= 0.3 is 5.97 Å². The lowest BCUT2D eigenvalue weighted by atomic mass is 9.69. The van der Waals surface area contributed by atoms with Crippen molar-refractivity contribution in [1.29, 1.82) is 0 Å². The molecule has 1 aliphatic rings. The van der Waals surface area contributed by atoms with Gasteiger partial charge < -0.3 is 14.8 Å². The van der Waals surface area contributed by atoms with Crippen LogP contribution in [0, 0.1) is 12.3 Å². The Morgan fingerprint density at radius 3 is 2.45 bits per heavy atom. The van der Waals surface area contributed by atoms with Gasteiger partial charge in [0.25, 0.3) is 0 Å². The zero-order chi connectivity index (χ0) is 22.8. The molecule has 3 heterocycles. The van der Waals surface area contributed by atoms with Crippen LogP contribution in [0.2, 0.25) is 0 Å². The van der Waals surface area contributed by atoms with Gasteiger partial charge in [-0.3, -0.25) is 9.78 Å². The van der Waals surface area contributed by atoms with E-state index in [1.165, 1.54) is 11.8 Å². The van der Waals surface area contributed by atoms with Gasteiger partial charge in [-0.25, -0.2) is 15.0 Å². The number of aliphatic carboxylic acids is 1. The van der Waals surface area contributed by atoms with Crippen molar-refractivity contribution < 1.29 is 14.6 Å². The summed E-state index contributed by atoms with van der Waals surface area (Å²) in [6.45, 7) is 2.18. The molecular formula is C25H23N5O3. The number of carboxylic acids is 1. The highest BCUT2D eigenvalue weighted by Crippen LogP contribution is 2.41. The number of H-pyrrole nitrogens is 1. The van der Waals surface area contributed by atoms with Crippen molar-refractivity contribution in [2.24, 2.45) is 5.41 Å². The number of rotatable bonds is 7. The number of aromatic nitrogens is 5. The van der Waals surface area contributed by atoms with Crippen molar-refractivity contribution in [3.8, 4) is 39.9 Å². The molecule has 0 radical (unpaired) electrons.